The smallest absolute Gasteiger partial charge is 0.234 e. The summed E-state index contributed by atoms with van der Waals surface area (Å²) < 4.78 is 12.9. The molecule has 2 aromatic carbocycles. The normalized spacial score (nSPS) is 15.1. The first-order valence-corrected chi connectivity index (χ1v) is 10.1. The topological polar surface area (TPSA) is 61.4 Å². The van der Waals surface area contributed by atoms with Gasteiger partial charge in [-0.25, -0.2) is 4.39 Å². The van der Waals surface area contributed by atoms with Crippen LogP contribution in [-0.4, -0.2) is 36.3 Å². The molecule has 154 valence electrons. The summed E-state index contributed by atoms with van der Waals surface area (Å²) in [6, 6.07) is 14.1. The van der Waals surface area contributed by atoms with Gasteiger partial charge in [0.1, 0.15) is 5.82 Å². The van der Waals surface area contributed by atoms with Crippen molar-refractivity contribution >= 4 is 11.8 Å². The third kappa shape index (κ3) is 6.39. The first-order chi connectivity index (χ1) is 14.0. The van der Waals surface area contributed by atoms with Gasteiger partial charge in [-0.1, -0.05) is 36.4 Å². The van der Waals surface area contributed by atoms with Gasteiger partial charge >= 0.3 is 0 Å². The van der Waals surface area contributed by atoms with Crippen LogP contribution in [0.15, 0.2) is 48.5 Å². The molecule has 0 bridgehead atoms. The molecule has 1 aliphatic heterocycles. The fourth-order valence-electron chi connectivity index (χ4n) is 3.55. The van der Waals surface area contributed by atoms with E-state index < -0.39 is 0 Å². The molecule has 0 spiro atoms. The molecule has 29 heavy (non-hydrogen) atoms. The van der Waals surface area contributed by atoms with Gasteiger partial charge in [0.2, 0.25) is 11.8 Å². The molecule has 6 heteroatoms. The second-order valence-electron chi connectivity index (χ2n) is 7.60. The molecule has 0 unspecified atom stereocenters. The summed E-state index contributed by atoms with van der Waals surface area (Å²) >= 11 is 0. The number of amides is 2. The summed E-state index contributed by atoms with van der Waals surface area (Å²) in [6.45, 7) is 4.79. The number of halogens is 1. The van der Waals surface area contributed by atoms with Gasteiger partial charge in [-0.2, -0.15) is 0 Å². The monoisotopic (exact) mass is 397 g/mol. The maximum absolute atomic E-state index is 12.9. The minimum Gasteiger partial charge on any atom is -0.352 e. The average molecular weight is 397 g/mol. The molecule has 1 aliphatic rings. The molecule has 1 heterocycles. The summed E-state index contributed by atoms with van der Waals surface area (Å²) in [5, 5.41) is 5.91. The highest BCUT2D eigenvalue weighted by atomic mass is 19.1. The first-order valence-electron chi connectivity index (χ1n) is 10.1. The number of aryl methyl sites for hydroxylation is 1. The zero-order valence-corrected chi connectivity index (χ0v) is 16.8. The van der Waals surface area contributed by atoms with Gasteiger partial charge in [0.25, 0.3) is 0 Å². The van der Waals surface area contributed by atoms with Gasteiger partial charge in [-0.15, -0.1) is 0 Å². The van der Waals surface area contributed by atoms with Crippen LogP contribution in [0.25, 0.3) is 0 Å². The van der Waals surface area contributed by atoms with Crippen molar-refractivity contribution < 1.29 is 14.0 Å². The number of likely N-dealkylation sites (tertiary alicyclic amines) is 1. The maximum Gasteiger partial charge on any atom is 0.234 e. The van der Waals surface area contributed by atoms with E-state index in [0.717, 1.165) is 37.1 Å². The minimum absolute atomic E-state index is 0.00691. The molecule has 2 amide bonds. The van der Waals surface area contributed by atoms with Crippen molar-refractivity contribution in [2.45, 2.75) is 32.9 Å². The average Bonchev–Trinajstić information content (AvgIpc) is 2.73. The lowest BCUT2D eigenvalue weighted by Crippen LogP contribution is -2.44. The van der Waals surface area contributed by atoms with E-state index in [1.807, 2.05) is 31.2 Å². The number of carbonyl (C=O) groups is 2. The van der Waals surface area contributed by atoms with Crippen LogP contribution in [0.5, 0.6) is 0 Å². The summed E-state index contributed by atoms with van der Waals surface area (Å²) in [7, 11) is 0. The van der Waals surface area contributed by atoms with Crippen LogP contribution in [0.1, 0.15) is 29.5 Å². The van der Waals surface area contributed by atoms with Gasteiger partial charge in [-0.3, -0.25) is 14.5 Å². The zero-order valence-electron chi connectivity index (χ0n) is 16.8. The lowest BCUT2D eigenvalue weighted by Gasteiger charge is -2.30. The number of piperidine rings is 1. The van der Waals surface area contributed by atoms with Crippen molar-refractivity contribution in [3.8, 4) is 0 Å². The van der Waals surface area contributed by atoms with Crippen LogP contribution in [0.3, 0.4) is 0 Å². The third-order valence-electron chi connectivity index (χ3n) is 5.44. The standard InChI is InChI=1S/C23H28FN3O2/c1-17-4-2-3-5-20(17)15-25-22(28)16-27-12-10-19(11-13-27)23(29)26-14-18-6-8-21(24)9-7-18/h2-9,19H,10-16H2,1H3,(H,25,28)(H,26,29). The summed E-state index contributed by atoms with van der Waals surface area (Å²) in [5.74, 6) is -0.289. The van der Waals surface area contributed by atoms with E-state index in [2.05, 4.69) is 15.5 Å². The van der Waals surface area contributed by atoms with Gasteiger partial charge in [0, 0.05) is 19.0 Å². The number of carbonyl (C=O) groups excluding carboxylic acids is 2. The van der Waals surface area contributed by atoms with Crippen molar-refractivity contribution in [2.24, 2.45) is 5.92 Å². The molecule has 2 N–H and O–H groups in total. The van der Waals surface area contributed by atoms with E-state index in [4.69, 9.17) is 0 Å². The fraction of sp³-hybridized carbons (Fsp3) is 0.391. The van der Waals surface area contributed by atoms with Crippen molar-refractivity contribution in [3.63, 3.8) is 0 Å². The number of nitrogens with zero attached hydrogens (tertiary/aromatic N) is 1. The predicted molar refractivity (Wildman–Crippen MR) is 110 cm³/mol. The number of hydrogen-bond donors (Lipinski definition) is 2. The molecule has 2 aromatic rings. The van der Waals surface area contributed by atoms with E-state index in [9.17, 15) is 14.0 Å². The largest absolute Gasteiger partial charge is 0.352 e. The molecule has 1 saturated heterocycles. The van der Waals surface area contributed by atoms with Crippen molar-refractivity contribution in [2.75, 3.05) is 19.6 Å². The Kier molecular flexibility index (Phi) is 7.36. The van der Waals surface area contributed by atoms with Crippen LogP contribution < -0.4 is 10.6 Å². The highest BCUT2D eigenvalue weighted by Crippen LogP contribution is 2.17. The predicted octanol–water partition coefficient (Wildman–Crippen LogP) is 2.78. The van der Waals surface area contributed by atoms with E-state index in [1.54, 1.807) is 12.1 Å². The summed E-state index contributed by atoms with van der Waals surface area (Å²) in [6.07, 6.45) is 1.47. The van der Waals surface area contributed by atoms with Gasteiger partial charge in [0.05, 0.1) is 6.54 Å². The Hall–Kier alpha value is -2.73. The highest BCUT2D eigenvalue weighted by Gasteiger charge is 2.25. The Bertz CT molecular complexity index is 830. The molecular formula is C23H28FN3O2. The minimum atomic E-state index is -0.282. The Labute approximate surface area is 171 Å². The number of hydrogen-bond acceptors (Lipinski definition) is 3. The molecule has 1 fully saturated rings. The lowest BCUT2D eigenvalue weighted by molar-refractivity contribution is -0.127. The summed E-state index contributed by atoms with van der Waals surface area (Å²) in [5.41, 5.74) is 3.17. The third-order valence-corrected chi connectivity index (χ3v) is 5.44. The van der Waals surface area contributed by atoms with E-state index in [1.165, 1.54) is 17.7 Å². The van der Waals surface area contributed by atoms with E-state index in [0.29, 0.717) is 19.6 Å². The highest BCUT2D eigenvalue weighted by molar-refractivity contribution is 5.79. The van der Waals surface area contributed by atoms with Gasteiger partial charge in [0.15, 0.2) is 0 Å². The van der Waals surface area contributed by atoms with Gasteiger partial charge < -0.3 is 10.6 Å². The maximum atomic E-state index is 12.9. The zero-order chi connectivity index (χ0) is 20.6. The molecular weight excluding hydrogens is 369 g/mol. The van der Waals surface area contributed by atoms with Gasteiger partial charge in [-0.05, 0) is 61.7 Å². The molecule has 0 radical (unpaired) electrons. The number of benzene rings is 2. The lowest BCUT2D eigenvalue weighted by atomic mass is 9.96. The van der Waals surface area contributed by atoms with Crippen LogP contribution in [0.4, 0.5) is 4.39 Å². The Morgan fingerprint density at radius 3 is 2.38 bits per heavy atom. The molecule has 5 nitrogen and oxygen atoms in total. The van der Waals surface area contributed by atoms with Crippen molar-refractivity contribution in [1.82, 2.24) is 15.5 Å². The van der Waals surface area contributed by atoms with Crippen molar-refractivity contribution in [1.29, 1.82) is 0 Å². The van der Waals surface area contributed by atoms with E-state index in [-0.39, 0.29) is 23.5 Å². The van der Waals surface area contributed by atoms with Crippen LogP contribution in [0, 0.1) is 18.7 Å². The number of rotatable bonds is 7. The van der Waals surface area contributed by atoms with Crippen LogP contribution in [-0.2, 0) is 22.7 Å². The first kappa shape index (κ1) is 21.0. The molecule has 0 saturated carbocycles. The second kappa shape index (κ2) is 10.2. The number of nitrogens with one attached hydrogen (secondary N) is 2. The van der Waals surface area contributed by atoms with Crippen LogP contribution in [0.2, 0.25) is 0 Å². The van der Waals surface area contributed by atoms with Crippen LogP contribution >= 0.6 is 0 Å². The molecule has 0 aromatic heterocycles. The molecule has 3 rings (SSSR count). The quantitative estimate of drug-likeness (QED) is 0.755. The van der Waals surface area contributed by atoms with E-state index >= 15 is 0 Å². The second-order valence-corrected chi connectivity index (χ2v) is 7.60. The van der Waals surface area contributed by atoms with Crippen molar-refractivity contribution in [3.05, 3.63) is 71.0 Å². The molecule has 0 atom stereocenters. The molecule has 0 aliphatic carbocycles. The Morgan fingerprint density at radius 1 is 1.00 bits per heavy atom. The fourth-order valence-corrected chi connectivity index (χ4v) is 3.55. The Morgan fingerprint density at radius 2 is 1.69 bits per heavy atom. The SMILES string of the molecule is Cc1ccccc1CNC(=O)CN1CCC(C(=O)NCc2ccc(F)cc2)CC1. The Balaban J connectivity index is 1.36. The summed E-state index contributed by atoms with van der Waals surface area (Å²) in [4.78, 5) is 26.7.